The lowest BCUT2D eigenvalue weighted by atomic mass is 9.70. The van der Waals surface area contributed by atoms with E-state index in [1.165, 1.54) is 0 Å². The van der Waals surface area contributed by atoms with Gasteiger partial charge in [-0.25, -0.2) is 14.8 Å². The molecule has 6 nitrogen and oxygen atoms in total. The summed E-state index contributed by atoms with van der Waals surface area (Å²) >= 11 is 0. The molecule has 0 radical (unpaired) electrons. The first-order valence-electron chi connectivity index (χ1n) is 12.2. The number of aliphatic imine (C=N–C) groups is 1. The van der Waals surface area contributed by atoms with Crippen LogP contribution in [0.5, 0.6) is 5.75 Å². The van der Waals surface area contributed by atoms with Gasteiger partial charge >= 0.3 is 5.97 Å². The van der Waals surface area contributed by atoms with Gasteiger partial charge in [-0.1, -0.05) is 43.3 Å². The average molecular weight is 480 g/mol. The molecule has 0 bridgehead atoms. The average Bonchev–Trinajstić information content (AvgIpc) is 2.92. The standard InChI is InChI=1S/C30H29N3O3/c1-5-30(20-10-8-7-9-11-20)27-26-23(18-25(32-27)28(34)36-6-2)19(3)12-17-24(26)33-29(30)31-21-13-15-22(35-4)16-14-21/h7-18H,5-6H2,1-4H3,(H,31,33). The van der Waals surface area contributed by atoms with Crippen LogP contribution in [0.1, 0.15) is 47.6 Å². The van der Waals surface area contributed by atoms with E-state index in [0.29, 0.717) is 12.1 Å². The molecular formula is C30H29N3O3. The maximum Gasteiger partial charge on any atom is 0.356 e. The summed E-state index contributed by atoms with van der Waals surface area (Å²) in [5, 5.41) is 5.51. The zero-order valence-corrected chi connectivity index (χ0v) is 21.0. The van der Waals surface area contributed by atoms with Crippen LogP contribution in [0.15, 0.2) is 77.8 Å². The fraction of sp³-hybridized carbons (Fsp3) is 0.233. The van der Waals surface area contributed by atoms with E-state index >= 15 is 0 Å². The molecule has 6 heteroatoms. The van der Waals surface area contributed by atoms with Crippen molar-refractivity contribution in [2.75, 3.05) is 19.0 Å². The minimum Gasteiger partial charge on any atom is -0.497 e. The van der Waals surface area contributed by atoms with Gasteiger partial charge in [0.15, 0.2) is 0 Å². The quantitative estimate of drug-likeness (QED) is 0.316. The molecule has 4 aromatic rings. The van der Waals surface area contributed by atoms with Crippen LogP contribution in [0.25, 0.3) is 10.8 Å². The lowest BCUT2D eigenvalue weighted by molar-refractivity contribution is 0.0519. The summed E-state index contributed by atoms with van der Waals surface area (Å²) in [4.78, 5) is 23.1. The summed E-state index contributed by atoms with van der Waals surface area (Å²) in [6.07, 6.45) is 0.681. The molecule has 3 aromatic carbocycles. The Labute approximate surface area is 211 Å². The maximum atomic E-state index is 12.9. The lowest BCUT2D eigenvalue weighted by Crippen LogP contribution is -2.43. The molecule has 0 spiro atoms. The molecule has 1 aromatic heterocycles. The van der Waals surface area contributed by atoms with Crippen LogP contribution in [0.2, 0.25) is 0 Å². The third-order valence-electron chi connectivity index (χ3n) is 6.87. The van der Waals surface area contributed by atoms with Crippen molar-refractivity contribution in [1.29, 1.82) is 0 Å². The zero-order valence-electron chi connectivity index (χ0n) is 21.0. The van der Waals surface area contributed by atoms with E-state index in [-0.39, 0.29) is 6.61 Å². The maximum absolute atomic E-state index is 12.9. The molecule has 0 saturated heterocycles. The molecule has 5 rings (SSSR count). The zero-order chi connectivity index (χ0) is 25.3. The lowest BCUT2D eigenvalue weighted by Gasteiger charge is -2.38. The highest BCUT2D eigenvalue weighted by Crippen LogP contribution is 2.47. The first kappa shape index (κ1) is 23.5. The monoisotopic (exact) mass is 479 g/mol. The number of hydrogen-bond acceptors (Lipinski definition) is 6. The normalized spacial score (nSPS) is 16.4. The van der Waals surface area contributed by atoms with Gasteiger partial charge in [0.25, 0.3) is 0 Å². The van der Waals surface area contributed by atoms with Crippen molar-refractivity contribution < 1.29 is 14.3 Å². The van der Waals surface area contributed by atoms with Gasteiger partial charge in [0.2, 0.25) is 0 Å². The van der Waals surface area contributed by atoms with Crippen molar-refractivity contribution in [3.8, 4) is 5.75 Å². The fourth-order valence-corrected chi connectivity index (χ4v) is 5.01. The molecule has 1 unspecified atom stereocenters. The molecule has 0 aliphatic carbocycles. The number of esters is 1. The van der Waals surface area contributed by atoms with E-state index in [0.717, 1.165) is 50.6 Å². The first-order valence-corrected chi connectivity index (χ1v) is 12.2. The van der Waals surface area contributed by atoms with Gasteiger partial charge in [-0.2, -0.15) is 0 Å². The summed E-state index contributed by atoms with van der Waals surface area (Å²) in [7, 11) is 1.65. The second-order valence-corrected chi connectivity index (χ2v) is 8.84. The van der Waals surface area contributed by atoms with Gasteiger partial charge in [0.05, 0.1) is 30.5 Å². The highest BCUT2D eigenvalue weighted by atomic mass is 16.5. The van der Waals surface area contributed by atoms with Crippen LogP contribution >= 0.6 is 0 Å². The van der Waals surface area contributed by atoms with Gasteiger partial charge < -0.3 is 14.8 Å². The van der Waals surface area contributed by atoms with Crippen molar-refractivity contribution >= 4 is 34.0 Å². The molecule has 0 fully saturated rings. The Morgan fingerprint density at radius 2 is 1.75 bits per heavy atom. The largest absolute Gasteiger partial charge is 0.497 e. The van der Waals surface area contributed by atoms with Crippen LogP contribution < -0.4 is 10.1 Å². The second-order valence-electron chi connectivity index (χ2n) is 8.84. The smallest absolute Gasteiger partial charge is 0.356 e. The molecule has 36 heavy (non-hydrogen) atoms. The number of benzene rings is 3. The number of pyridine rings is 1. The van der Waals surface area contributed by atoms with Gasteiger partial charge in [0.1, 0.15) is 17.3 Å². The number of anilines is 1. The van der Waals surface area contributed by atoms with Crippen molar-refractivity contribution in [3.63, 3.8) is 0 Å². The molecule has 1 atom stereocenters. The van der Waals surface area contributed by atoms with E-state index in [1.807, 2.05) is 67.6 Å². The number of carbonyl (C=O) groups is 1. The fourth-order valence-electron chi connectivity index (χ4n) is 5.01. The Morgan fingerprint density at radius 3 is 2.42 bits per heavy atom. The molecule has 182 valence electrons. The number of nitrogens with one attached hydrogen (secondary N) is 1. The molecule has 1 aliphatic rings. The summed E-state index contributed by atoms with van der Waals surface area (Å²) in [6, 6.07) is 23.9. The van der Waals surface area contributed by atoms with Crippen LogP contribution in [-0.4, -0.2) is 30.5 Å². The summed E-state index contributed by atoms with van der Waals surface area (Å²) < 4.78 is 10.7. The van der Waals surface area contributed by atoms with E-state index < -0.39 is 11.4 Å². The number of nitrogens with zero attached hydrogens (tertiary/aromatic N) is 2. The summed E-state index contributed by atoms with van der Waals surface area (Å²) in [5.74, 6) is 1.11. The Kier molecular flexibility index (Phi) is 6.18. The number of aryl methyl sites for hydroxylation is 1. The highest BCUT2D eigenvalue weighted by molar-refractivity contribution is 6.15. The number of methoxy groups -OCH3 is 1. The highest BCUT2D eigenvalue weighted by Gasteiger charge is 2.44. The Bertz CT molecular complexity index is 1460. The Morgan fingerprint density at radius 1 is 1.00 bits per heavy atom. The van der Waals surface area contributed by atoms with E-state index in [9.17, 15) is 4.79 Å². The predicted molar refractivity (Wildman–Crippen MR) is 144 cm³/mol. The van der Waals surface area contributed by atoms with Crippen molar-refractivity contribution in [2.45, 2.75) is 32.6 Å². The van der Waals surface area contributed by atoms with Crippen LogP contribution in [0.3, 0.4) is 0 Å². The number of aromatic nitrogens is 1. The molecule has 0 saturated carbocycles. The molecular weight excluding hydrogens is 450 g/mol. The summed E-state index contributed by atoms with van der Waals surface area (Å²) in [5.41, 5.74) is 4.22. The van der Waals surface area contributed by atoms with Crippen LogP contribution in [0.4, 0.5) is 11.4 Å². The van der Waals surface area contributed by atoms with E-state index in [4.69, 9.17) is 19.5 Å². The van der Waals surface area contributed by atoms with Gasteiger partial charge in [-0.3, -0.25) is 0 Å². The summed E-state index contributed by atoms with van der Waals surface area (Å²) in [6.45, 7) is 6.26. The Balaban J connectivity index is 1.81. The van der Waals surface area contributed by atoms with E-state index in [1.54, 1.807) is 14.0 Å². The third kappa shape index (κ3) is 3.79. The van der Waals surface area contributed by atoms with Crippen molar-refractivity contribution in [1.82, 2.24) is 4.98 Å². The number of ether oxygens (including phenoxy) is 2. The third-order valence-corrected chi connectivity index (χ3v) is 6.87. The molecule has 1 aliphatic heterocycles. The van der Waals surface area contributed by atoms with Gasteiger partial charge in [0, 0.05) is 11.1 Å². The second kappa shape index (κ2) is 9.46. The van der Waals surface area contributed by atoms with E-state index in [2.05, 4.69) is 24.4 Å². The topological polar surface area (TPSA) is 72.8 Å². The van der Waals surface area contributed by atoms with Gasteiger partial charge in [-0.05, 0) is 73.2 Å². The first-order chi connectivity index (χ1) is 17.5. The van der Waals surface area contributed by atoms with Crippen LogP contribution in [0, 0.1) is 6.92 Å². The molecule has 0 amide bonds. The van der Waals surface area contributed by atoms with Crippen molar-refractivity contribution in [2.24, 2.45) is 4.99 Å². The molecule has 1 N–H and O–H groups in total. The SMILES string of the molecule is CCOC(=O)c1cc2c(C)ccc3c2c(n1)C(CC)(c1ccccc1)C(Nc1ccc(OC)cc1)=N3. The predicted octanol–water partition coefficient (Wildman–Crippen LogP) is 6.58. The van der Waals surface area contributed by atoms with Crippen LogP contribution in [-0.2, 0) is 10.2 Å². The number of rotatable bonds is 6. The minimum absolute atomic E-state index is 0.288. The number of carbonyl (C=O) groups excluding carboxylic acids is 1. The minimum atomic E-state index is -0.706. The number of hydrogen-bond donors (Lipinski definition) is 1. The molecule has 2 heterocycles. The Hall–Kier alpha value is -4.19. The van der Waals surface area contributed by atoms with Gasteiger partial charge in [-0.15, -0.1) is 0 Å². The van der Waals surface area contributed by atoms with Crippen molar-refractivity contribution in [3.05, 3.63) is 95.3 Å². The number of amidine groups is 1.